The van der Waals surface area contributed by atoms with Gasteiger partial charge in [-0.25, -0.2) is 9.78 Å². The average molecular weight is 302 g/mol. The van der Waals surface area contributed by atoms with Crippen LogP contribution in [0, 0.1) is 0 Å². The van der Waals surface area contributed by atoms with Gasteiger partial charge in [-0.3, -0.25) is 9.36 Å². The predicted molar refractivity (Wildman–Crippen MR) is 84.1 cm³/mol. The van der Waals surface area contributed by atoms with E-state index in [-0.39, 0.29) is 24.6 Å². The van der Waals surface area contributed by atoms with Gasteiger partial charge < -0.3 is 11.1 Å². The van der Waals surface area contributed by atoms with Gasteiger partial charge in [-0.05, 0) is 30.3 Å². The topological polar surface area (TPSA) is 90.0 Å². The number of rotatable bonds is 5. The van der Waals surface area contributed by atoms with E-state index in [1.807, 2.05) is 0 Å². The number of hydrogen-bond donors (Lipinski definition) is 2. The summed E-state index contributed by atoms with van der Waals surface area (Å²) in [6.07, 6.45) is 3.20. The van der Waals surface area contributed by atoms with Gasteiger partial charge in [-0.2, -0.15) is 0 Å². The average Bonchev–Trinajstić information content (AvgIpc) is 2.47. The van der Waals surface area contributed by atoms with Crippen LogP contribution in [-0.4, -0.2) is 20.4 Å². The Bertz CT molecular complexity index is 709. The maximum absolute atomic E-state index is 11.8. The molecule has 2 aromatic rings. The lowest BCUT2D eigenvalue weighted by atomic mass is 10.2. The lowest BCUT2D eigenvalue weighted by Crippen LogP contribution is -2.24. The molecule has 108 valence electrons. The highest BCUT2D eigenvalue weighted by atomic mass is 32.1. The second-order valence-electron chi connectivity index (χ2n) is 4.34. The van der Waals surface area contributed by atoms with Gasteiger partial charge in [-0.1, -0.05) is 12.2 Å². The van der Waals surface area contributed by atoms with E-state index in [4.69, 9.17) is 18.0 Å². The first-order valence-electron chi connectivity index (χ1n) is 6.27. The number of amides is 1. The number of nitrogens with zero attached hydrogens (tertiary/aromatic N) is 2. The number of anilines is 1. The maximum atomic E-state index is 11.8. The number of nitrogens with two attached hydrogens (primary N) is 1. The van der Waals surface area contributed by atoms with E-state index < -0.39 is 0 Å². The molecule has 6 nitrogen and oxygen atoms in total. The van der Waals surface area contributed by atoms with Crippen LogP contribution in [0.2, 0.25) is 0 Å². The summed E-state index contributed by atoms with van der Waals surface area (Å²) in [5.41, 5.74) is 6.52. The summed E-state index contributed by atoms with van der Waals surface area (Å²) in [6, 6.07) is 8.58. The van der Waals surface area contributed by atoms with Crippen molar-refractivity contribution in [1.29, 1.82) is 0 Å². The largest absolute Gasteiger partial charge is 0.389 e. The zero-order valence-electron chi connectivity index (χ0n) is 11.2. The number of benzene rings is 1. The van der Waals surface area contributed by atoms with Gasteiger partial charge in [0.1, 0.15) is 4.99 Å². The van der Waals surface area contributed by atoms with Crippen LogP contribution < -0.4 is 16.7 Å². The summed E-state index contributed by atoms with van der Waals surface area (Å²) in [4.78, 5) is 27.1. The fraction of sp³-hybridized carbons (Fsp3) is 0.143. The Hall–Kier alpha value is -2.54. The highest BCUT2D eigenvalue weighted by Gasteiger charge is 2.04. The van der Waals surface area contributed by atoms with Gasteiger partial charge in [0, 0.05) is 36.6 Å². The minimum Gasteiger partial charge on any atom is -0.389 e. The second kappa shape index (κ2) is 6.76. The summed E-state index contributed by atoms with van der Waals surface area (Å²) < 4.78 is 1.38. The fourth-order valence-electron chi connectivity index (χ4n) is 1.72. The highest BCUT2D eigenvalue weighted by Crippen LogP contribution is 2.09. The SMILES string of the molecule is NC(=S)c1ccc(NC(=O)CCn2cccnc2=O)cc1. The van der Waals surface area contributed by atoms with Gasteiger partial charge in [-0.15, -0.1) is 0 Å². The molecule has 0 aliphatic rings. The Morgan fingerprint density at radius 1 is 1.33 bits per heavy atom. The first kappa shape index (κ1) is 14.9. The zero-order chi connectivity index (χ0) is 15.2. The molecule has 7 heteroatoms. The molecule has 21 heavy (non-hydrogen) atoms. The lowest BCUT2D eigenvalue weighted by molar-refractivity contribution is -0.116. The molecule has 0 aliphatic carbocycles. The monoisotopic (exact) mass is 302 g/mol. The maximum Gasteiger partial charge on any atom is 0.347 e. The normalized spacial score (nSPS) is 10.1. The third-order valence-corrected chi connectivity index (χ3v) is 3.05. The number of carbonyl (C=O) groups is 1. The van der Waals surface area contributed by atoms with Crippen molar-refractivity contribution in [1.82, 2.24) is 9.55 Å². The quantitative estimate of drug-likeness (QED) is 0.801. The zero-order valence-corrected chi connectivity index (χ0v) is 12.0. The number of aryl methyl sites for hydroxylation is 1. The van der Waals surface area contributed by atoms with Crippen LogP contribution in [0.15, 0.2) is 47.5 Å². The van der Waals surface area contributed by atoms with Crippen molar-refractivity contribution < 1.29 is 4.79 Å². The molecule has 1 heterocycles. The lowest BCUT2D eigenvalue weighted by Gasteiger charge is -2.07. The van der Waals surface area contributed by atoms with Crippen LogP contribution in [0.4, 0.5) is 5.69 Å². The molecule has 1 aromatic heterocycles. The third-order valence-electron chi connectivity index (χ3n) is 2.82. The molecule has 0 saturated carbocycles. The summed E-state index contributed by atoms with van der Waals surface area (Å²) in [5.74, 6) is -0.186. The van der Waals surface area contributed by atoms with Crippen LogP contribution in [0.1, 0.15) is 12.0 Å². The minimum atomic E-state index is -0.369. The van der Waals surface area contributed by atoms with E-state index in [2.05, 4.69) is 10.3 Å². The summed E-state index contributed by atoms with van der Waals surface area (Å²) in [5, 5.41) is 2.74. The Labute approximate surface area is 126 Å². The first-order valence-corrected chi connectivity index (χ1v) is 6.68. The van der Waals surface area contributed by atoms with Crippen LogP contribution >= 0.6 is 12.2 Å². The molecule has 0 saturated heterocycles. The Morgan fingerprint density at radius 2 is 2.05 bits per heavy atom. The van der Waals surface area contributed by atoms with Crippen LogP contribution in [0.25, 0.3) is 0 Å². The van der Waals surface area contributed by atoms with Crippen molar-refractivity contribution in [3.8, 4) is 0 Å². The van der Waals surface area contributed by atoms with E-state index in [0.29, 0.717) is 10.7 Å². The van der Waals surface area contributed by atoms with Gasteiger partial charge >= 0.3 is 5.69 Å². The van der Waals surface area contributed by atoms with Crippen molar-refractivity contribution in [2.45, 2.75) is 13.0 Å². The third kappa shape index (κ3) is 4.22. The molecule has 0 radical (unpaired) electrons. The molecule has 1 aromatic carbocycles. The number of aromatic nitrogens is 2. The van der Waals surface area contributed by atoms with E-state index >= 15 is 0 Å². The van der Waals surface area contributed by atoms with E-state index in [1.54, 1.807) is 36.5 Å². The van der Waals surface area contributed by atoms with Crippen molar-refractivity contribution in [2.75, 3.05) is 5.32 Å². The molecule has 1 amide bonds. The molecule has 0 aliphatic heterocycles. The molecule has 0 unspecified atom stereocenters. The van der Waals surface area contributed by atoms with E-state index in [0.717, 1.165) is 5.56 Å². The second-order valence-corrected chi connectivity index (χ2v) is 4.78. The van der Waals surface area contributed by atoms with Crippen LogP contribution in [0.3, 0.4) is 0 Å². The molecule has 3 N–H and O–H groups in total. The summed E-state index contributed by atoms with van der Waals surface area (Å²) in [6.45, 7) is 0.281. The molecule has 0 bridgehead atoms. The molecular formula is C14H14N4O2S. The summed E-state index contributed by atoms with van der Waals surface area (Å²) >= 11 is 4.85. The van der Waals surface area contributed by atoms with Crippen LogP contribution in [-0.2, 0) is 11.3 Å². The van der Waals surface area contributed by atoms with Crippen molar-refractivity contribution in [3.05, 3.63) is 58.8 Å². The number of hydrogen-bond acceptors (Lipinski definition) is 4. The standard InChI is InChI=1S/C14H14N4O2S/c15-13(21)10-2-4-11(5-3-10)17-12(19)6-9-18-8-1-7-16-14(18)20/h1-5,7-8H,6,9H2,(H2,15,21)(H,17,19). The fourth-order valence-corrected chi connectivity index (χ4v) is 1.86. The predicted octanol–water partition coefficient (Wildman–Crippen LogP) is 0.906. The molecule has 0 spiro atoms. The molecule has 0 atom stereocenters. The van der Waals surface area contributed by atoms with E-state index in [9.17, 15) is 9.59 Å². The number of thiocarbonyl (C=S) groups is 1. The van der Waals surface area contributed by atoms with Gasteiger partial charge in [0.05, 0.1) is 0 Å². The smallest absolute Gasteiger partial charge is 0.347 e. The Morgan fingerprint density at radius 3 is 2.67 bits per heavy atom. The number of carbonyl (C=O) groups excluding carboxylic acids is 1. The number of nitrogens with one attached hydrogen (secondary N) is 1. The van der Waals surface area contributed by atoms with Crippen molar-refractivity contribution in [3.63, 3.8) is 0 Å². The van der Waals surface area contributed by atoms with E-state index in [1.165, 1.54) is 10.8 Å². The van der Waals surface area contributed by atoms with Crippen molar-refractivity contribution in [2.24, 2.45) is 5.73 Å². The highest BCUT2D eigenvalue weighted by molar-refractivity contribution is 7.80. The molecule has 0 fully saturated rings. The summed E-state index contributed by atoms with van der Waals surface area (Å²) in [7, 11) is 0. The van der Waals surface area contributed by atoms with Gasteiger partial charge in [0.25, 0.3) is 0 Å². The van der Waals surface area contributed by atoms with Crippen LogP contribution in [0.5, 0.6) is 0 Å². The molecule has 2 rings (SSSR count). The van der Waals surface area contributed by atoms with Crippen molar-refractivity contribution >= 4 is 28.8 Å². The minimum absolute atomic E-state index is 0.183. The Balaban J connectivity index is 1.91. The Kier molecular flexibility index (Phi) is 4.78. The molecular weight excluding hydrogens is 288 g/mol. The van der Waals surface area contributed by atoms with Gasteiger partial charge in [0.15, 0.2) is 0 Å². The first-order chi connectivity index (χ1) is 10.1. The van der Waals surface area contributed by atoms with Gasteiger partial charge in [0.2, 0.25) is 5.91 Å².